The Morgan fingerprint density at radius 3 is 3.05 bits per heavy atom. The lowest BCUT2D eigenvalue weighted by Gasteiger charge is -2.26. The number of nitrogens with zero attached hydrogens (tertiary/aromatic N) is 4. The first-order valence-electron chi connectivity index (χ1n) is 7.42. The van der Waals surface area contributed by atoms with Crippen molar-refractivity contribution in [1.29, 1.82) is 0 Å². The van der Waals surface area contributed by atoms with Crippen LogP contribution in [0.25, 0.3) is 0 Å². The lowest BCUT2D eigenvalue weighted by Crippen LogP contribution is -2.47. The van der Waals surface area contributed by atoms with Gasteiger partial charge in [-0.1, -0.05) is 5.16 Å². The van der Waals surface area contributed by atoms with E-state index in [1.54, 1.807) is 13.0 Å². The summed E-state index contributed by atoms with van der Waals surface area (Å²) in [7, 11) is 0. The minimum absolute atomic E-state index is 0.142. The summed E-state index contributed by atoms with van der Waals surface area (Å²) < 4.78 is 6.91. The highest BCUT2D eigenvalue weighted by molar-refractivity contribution is 5.93. The Morgan fingerprint density at radius 2 is 2.32 bits per heavy atom. The van der Waals surface area contributed by atoms with E-state index >= 15 is 0 Å². The first-order chi connectivity index (χ1) is 10.5. The Morgan fingerprint density at radius 1 is 1.50 bits per heavy atom. The van der Waals surface area contributed by atoms with Gasteiger partial charge in [-0.05, 0) is 27.2 Å². The Balaban J connectivity index is 1.55. The molecular weight excluding hydrogens is 284 g/mol. The highest BCUT2D eigenvalue weighted by atomic mass is 16.5. The fraction of sp³-hybridized carbons (Fsp3) is 0.571. The van der Waals surface area contributed by atoms with Crippen molar-refractivity contribution in [2.24, 2.45) is 0 Å². The fourth-order valence-corrected chi connectivity index (χ4v) is 2.65. The van der Waals surface area contributed by atoms with E-state index in [2.05, 4.69) is 25.9 Å². The molecule has 3 heterocycles. The minimum Gasteiger partial charge on any atom is -0.338 e. The van der Waals surface area contributed by atoms with Gasteiger partial charge in [0.25, 0.3) is 0 Å². The number of carbonyl (C=O) groups excluding carboxylic acids is 1. The summed E-state index contributed by atoms with van der Waals surface area (Å²) >= 11 is 0. The number of hydrogen-bond acceptors (Lipinski definition) is 6. The molecule has 0 fully saturated rings. The molecule has 22 heavy (non-hydrogen) atoms. The lowest BCUT2D eigenvalue weighted by molar-refractivity contribution is -0.118. The highest BCUT2D eigenvalue weighted by Crippen LogP contribution is 2.14. The predicted molar refractivity (Wildman–Crippen MR) is 79.3 cm³/mol. The number of carbonyl (C=O) groups is 1. The molecule has 0 unspecified atom stereocenters. The number of hydrogen-bond donors (Lipinski definition) is 2. The number of anilines is 1. The number of nitrogens with one attached hydrogen (secondary N) is 2. The second-order valence-electron chi connectivity index (χ2n) is 5.70. The molecular formula is C14H20N6O2. The molecule has 0 saturated heterocycles. The molecule has 0 aliphatic carbocycles. The first-order valence-corrected chi connectivity index (χ1v) is 7.42. The molecule has 3 rings (SSSR count). The van der Waals surface area contributed by atoms with Crippen LogP contribution in [0, 0.1) is 13.8 Å². The van der Waals surface area contributed by atoms with Crippen LogP contribution in [0.3, 0.4) is 0 Å². The van der Waals surface area contributed by atoms with Crippen molar-refractivity contribution < 1.29 is 9.32 Å². The van der Waals surface area contributed by atoms with Gasteiger partial charge in [-0.3, -0.25) is 10.1 Å². The van der Waals surface area contributed by atoms with Gasteiger partial charge in [-0.15, -0.1) is 0 Å². The Bertz CT molecular complexity index is 677. The molecule has 2 atom stereocenters. The van der Waals surface area contributed by atoms with Crippen LogP contribution >= 0.6 is 0 Å². The van der Waals surface area contributed by atoms with Gasteiger partial charge in [0.05, 0.1) is 18.3 Å². The topological polar surface area (TPSA) is 97.9 Å². The molecule has 2 aromatic rings. The standard InChI is InChI=1S/C14H20N6O2/c1-8-6-13(22-19-8)17-14(21)9(2)15-11-4-5-12-16-10(3)18-20(12)7-11/h6,9,11,15H,4-5,7H2,1-3H3,(H,17,21)/t9-,11+/m1/s1. The largest absolute Gasteiger partial charge is 0.338 e. The van der Waals surface area contributed by atoms with Crippen molar-refractivity contribution in [3.8, 4) is 0 Å². The predicted octanol–water partition coefficient (Wildman–Crippen LogP) is 0.815. The van der Waals surface area contributed by atoms with Gasteiger partial charge in [0, 0.05) is 18.5 Å². The summed E-state index contributed by atoms with van der Waals surface area (Å²) in [6.45, 7) is 6.26. The SMILES string of the molecule is Cc1cc(NC(=O)[C@@H](C)N[C@H]2CCc3nc(C)nn3C2)on1. The summed E-state index contributed by atoms with van der Waals surface area (Å²) in [5.41, 5.74) is 0.734. The zero-order chi connectivity index (χ0) is 15.7. The van der Waals surface area contributed by atoms with Crippen LogP contribution in [0.1, 0.15) is 30.7 Å². The average Bonchev–Trinajstić information content (AvgIpc) is 3.03. The monoisotopic (exact) mass is 304 g/mol. The van der Waals surface area contributed by atoms with Gasteiger partial charge in [0.2, 0.25) is 11.8 Å². The number of aromatic nitrogens is 4. The molecule has 2 N–H and O–H groups in total. The molecule has 0 spiro atoms. The Kier molecular flexibility index (Phi) is 3.93. The van der Waals surface area contributed by atoms with Crippen LogP contribution in [0.15, 0.2) is 10.6 Å². The second-order valence-corrected chi connectivity index (χ2v) is 5.70. The van der Waals surface area contributed by atoms with Crippen molar-refractivity contribution in [1.82, 2.24) is 25.2 Å². The minimum atomic E-state index is -0.332. The molecule has 0 radical (unpaired) electrons. The zero-order valence-corrected chi connectivity index (χ0v) is 13.0. The molecule has 1 aliphatic heterocycles. The van der Waals surface area contributed by atoms with Gasteiger partial charge in [-0.25, -0.2) is 9.67 Å². The van der Waals surface area contributed by atoms with Crippen molar-refractivity contribution in [3.63, 3.8) is 0 Å². The maximum atomic E-state index is 12.1. The maximum absolute atomic E-state index is 12.1. The second kappa shape index (κ2) is 5.88. The third-order valence-electron chi connectivity index (χ3n) is 3.72. The molecule has 8 nitrogen and oxygen atoms in total. The molecule has 118 valence electrons. The summed E-state index contributed by atoms with van der Waals surface area (Å²) in [6.07, 6.45) is 1.81. The number of aryl methyl sites for hydroxylation is 3. The smallest absolute Gasteiger partial charge is 0.243 e. The molecule has 2 aromatic heterocycles. The fourth-order valence-electron chi connectivity index (χ4n) is 2.65. The third-order valence-corrected chi connectivity index (χ3v) is 3.72. The summed E-state index contributed by atoms with van der Waals surface area (Å²) in [5.74, 6) is 2.04. The van der Waals surface area contributed by atoms with Crippen LogP contribution in [-0.2, 0) is 17.8 Å². The van der Waals surface area contributed by atoms with Gasteiger partial charge >= 0.3 is 0 Å². The summed E-state index contributed by atoms with van der Waals surface area (Å²) in [6, 6.07) is 1.56. The quantitative estimate of drug-likeness (QED) is 0.867. The van der Waals surface area contributed by atoms with Gasteiger partial charge in [0.15, 0.2) is 0 Å². The summed E-state index contributed by atoms with van der Waals surface area (Å²) in [5, 5.41) is 14.2. The molecule has 1 aliphatic rings. The van der Waals surface area contributed by atoms with Crippen molar-refractivity contribution in [2.75, 3.05) is 5.32 Å². The van der Waals surface area contributed by atoms with E-state index in [9.17, 15) is 4.79 Å². The van der Waals surface area contributed by atoms with E-state index in [1.807, 2.05) is 18.5 Å². The number of fused-ring (bicyclic) bond motifs is 1. The van der Waals surface area contributed by atoms with Crippen LogP contribution < -0.4 is 10.6 Å². The Labute approximate surface area is 128 Å². The van der Waals surface area contributed by atoms with E-state index in [0.717, 1.165) is 36.7 Å². The van der Waals surface area contributed by atoms with Crippen LogP contribution in [0.2, 0.25) is 0 Å². The van der Waals surface area contributed by atoms with Crippen molar-refractivity contribution in [3.05, 3.63) is 23.4 Å². The van der Waals surface area contributed by atoms with Crippen LogP contribution in [-0.4, -0.2) is 37.9 Å². The maximum Gasteiger partial charge on any atom is 0.243 e. The van der Waals surface area contributed by atoms with E-state index in [-0.39, 0.29) is 18.0 Å². The van der Waals surface area contributed by atoms with Crippen molar-refractivity contribution >= 4 is 11.8 Å². The van der Waals surface area contributed by atoms with Gasteiger partial charge in [0.1, 0.15) is 11.6 Å². The van der Waals surface area contributed by atoms with Crippen molar-refractivity contribution in [2.45, 2.75) is 52.2 Å². The Hall–Kier alpha value is -2.22. The summed E-state index contributed by atoms with van der Waals surface area (Å²) in [4.78, 5) is 16.5. The lowest BCUT2D eigenvalue weighted by atomic mass is 10.1. The van der Waals surface area contributed by atoms with Gasteiger partial charge < -0.3 is 9.84 Å². The van der Waals surface area contributed by atoms with E-state index in [4.69, 9.17) is 4.52 Å². The molecule has 0 bridgehead atoms. The van der Waals surface area contributed by atoms with Crippen LogP contribution in [0.4, 0.5) is 5.88 Å². The zero-order valence-electron chi connectivity index (χ0n) is 13.0. The molecule has 1 amide bonds. The van der Waals surface area contributed by atoms with Crippen LogP contribution in [0.5, 0.6) is 0 Å². The highest BCUT2D eigenvalue weighted by Gasteiger charge is 2.24. The van der Waals surface area contributed by atoms with E-state index in [1.165, 1.54) is 0 Å². The normalized spacial score (nSPS) is 18.8. The third kappa shape index (κ3) is 3.16. The number of amides is 1. The van der Waals surface area contributed by atoms with E-state index < -0.39 is 0 Å². The first kappa shape index (κ1) is 14.7. The average molecular weight is 304 g/mol. The number of rotatable bonds is 4. The van der Waals surface area contributed by atoms with E-state index in [0.29, 0.717) is 5.88 Å². The molecule has 8 heteroatoms. The molecule has 0 aromatic carbocycles. The molecule has 0 saturated carbocycles. The van der Waals surface area contributed by atoms with Gasteiger partial charge in [-0.2, -0.15) is 5.10 Å².